The van der Waals surface area contributed by atoms with Gasteiger partial charge < -0.3 is 24.7 Å². The molecule has 0 aromatic heterocycles. The molecule has 0 heterocycles. The SMILES string of the molecule is COC(=O)c1cc(N)ccc1OCCCc1ccc(OCCCCOc2ccccc2)cc1. The number of ether oxygens (including phenoxy) is 4. The van der Waals surface area contributed by atoms with Gasteiger partial charge in [0.2, 0.25) is 0 Å². The Labute approximate surface area is 195 Å². The Morgan fingerprint density at radius 2 is 1.39 bits per heavy atom. The van der Waals surface area contributed by atoms with Crippen LogP contribution >= 0.6 is 0 Å². The van der Waals surface area contributed by atoms with Crippen molar-refractivity contribution in [3.8, 4) is 17.2 Å². The number of hydrogen-bond acceptors (Lipinski definition) is 6. The molecule has 3 aromatic rings. The van der Waals surface area contributed by atoms with E-state index in [1.807, 2.05) is 42.5 Å². The molecule has 0 unspecified atom stereocenters. The van der Waals surface area contributed by atoms with Gasteiger partial charge in [0, 0.05) is 5.69 Å². The van der Waals surface area contributed by atoms with Crippen molar-refractivity contribution in [2.45, 2.75) is 25.7 Å². The lowest BCUT2D eigenvalue weighted by Crippen LogP contribution is -2.08. The van der Waals surface area contributed by atoms with Crippen LogP contribution in [0.4, 0.5) is 5.69 Å². The predicted molar refractivity (Wildman–Crippen MR) is 129 cm³/mol. The molecule has 0 fully saturated rings. The average Bonchev–Trinajstić information content (AvgIpc) is 2.85. The zero-order chi connectivity index (χ0) is 23.3. The van der Waals surface area contributed by atoms with E-state index in [0.717, 1.165) is 37.2 Å². The van der Waals surface area contributed by atoms with Gasteiger partial charge in [-0.1, -0.05) is 30.3 Å². The first-order valence-corrected chi connectivity index (χ1v) is 11.2. The Kier molecular flexibility index (Phi) is 9.45. The van der Waals surface area contributed by atoms with E-state index in [1.165, 1.54) is 12.7 Å². The van der Waals surface area contributed by atoms with Crippen LogP contribution in [-0.4, -0.2) is 32.9 Å². The fourth-order valence-electron chi connectivity index (χ4n) is 3.25. The first-order valence-electron chi connectivity index (χ1n) is 11.2. The van der Waals surface area contributed by atoms with Crippen LogP contribution < -0.4 is 19.9 Å². The summed E-state index contributed by atoms with van der Waals surface area (Å²) in [5.41, 5.74) is 7.79. The molecule has 0 saturated carbocycles. The van der Waals surface area contributed by atoms with Crippen LogP contribution in [0.1, 0.15) is 35.2 Å². The van der Waals surface area contributed by atoms with Gasteiger partial charge >= 0.3 is 5.97 Å². The minimum Gasteiger partial charge on any atom is -0.494 e. The molecule has 0 aliphatic heterocycles. The summed E-state index contributed by atoms with van der Waals surface area (Å²) in [5.74, 6) is 1.78. The molecule has 2 N–H and O–H groups in total. The molecule has 33 heavy (non-hydrogen) atoms. The number of nitrogens with two attached hydrogens (primary N) is 1. The number of rotatable bonds is 13. The lowest BCUT2D eigenvalue weighted by molar-refractivity contribution is 0.0596. The largest absolute Gasteiger partial charge is 0.494 e. The van der Waals surface area contributed by atoms with Crippen LogP contribution in [0.5, 0.6) is 17.2 Å². The Balaban J connectivity index is 1.32. The van der Waals surface area contributed by atoms with Gasteiger partial charge in [0.15, 0.2) is 0 Å². The Bertz CT molecular complexity index is 989. The lowest BCUT2D eigenvalue weighted by Gasteiger charge is -2.11. The maximum absolute atomic E-state index is 11.9. The minimum absolute atomic E-state index is 0.339. The molecule has 6 nitrogen and oxygen atoms in total. The van der Waals surface area contributed by atoms with Gasteiger partial charge in [0.1, 0.15) is 22.8 Å². The third kappa shape index (κ3) is 8.07. The van der Waals surface area contributed by atoms with Crippen LogP contribution in [0.2, 0.25) is 0 Å². The highest BCUT2D eigenvalue weighted by Crippen LogP contribution is 2.23. The highest BCUT2D eigenvalue weighted by atomic mass is 16.5. The van der Waals surface area contributed by atoms with E-state index in [9.17, 15) is 4.79 Å². The van der Waals surface area contributed by atoms with Gasteiger partial charge in [-0.05, 0) is 73.7 Å². The molecule has 0 aliphatic rings. The number of benzene rings is 3. The molecule has 3 rings (SSSR count). The number of nitrogen functional groups attached to an aromatic ring is 1. The summed E-state index contributed by atoms with van der Waals surface area (Å²) in [6.07, 6.45) is 3.55. The Hall–Kier alpha value is -3.67. The fourth-order valence-corrected chi connectivity index (χ4v) is 3.25. The second-order valence-corrected chi connectivity index (χ2v) is 7.56. The summed E-state index contributed by atoms with van der Waals surface area (Å²) in [7, 11) is 1.34. The van der Waals surface area contributed by atoms with Crippen molar-refractivity contribution in [1.82, 2.24) is 0 Å². The smallest absolute Gasteiger partial charge is 0.341 e. The van der Waals surface area contributed by atoms with E-state index in [4.69, 9.17) is 24.7 Å². The molecule has 0 aliphatic carbocycles. The van der Waals surface area contributed by atoms with Crippen molar-refractivity contribution in [2.24, 2.45) is 0 Å². The summed E-state index contributed by atoms with van der Waals surface area (Å²) in [5, 5.41) is 0. The van der Waals surface area contributed by atoms with Crippen molar-refractivity contribution in [3.05, 3.63) is 83.9 Å². The van der Waals surface area contributed by atoms with Crippen LogP contribution in [-0.2, 0) is 11.2 Å². The predicted octanol–water partition coefficient (Wildman–Crippen LogP) is 5.31. The van der Waals surface area contributed by atoms with E-state index in [-0.39, 0.29) is 0 Å². The van der Waals surface area contributed by atoms with Crippen LogP contribution in [0.15, 0.2) is 72.8 Å². The summed E-state index contributed by atoms with van der Waals surface area (Å²) >= 11 is 0. The number of esters is 1. The van der Waals surface area contributed by atoms with Gasteiger partial charge in [0.25, 0.3) is 0 Å². The number of para-hydroxylation sites is 1. The minimum atomic E-state index is -0.461. The second kappa shape index (κ2) is 13.0. The number of methoxy groups -OCH3 is 1. The molecule has 0 amide bonds. The van der Waals surface area contributed by atoms with Crippen LogP contribution in [0.3, 0.4) is 0 Å². The maximum Gasteiger partial charge on any atom is 0.341 e. The van der Waals surface area contributed by atoms with Gasteiger partial charge in [0.05, 0.1) is 26.9 Å². The lowest BCUT2D eigenvalue weighted by atomic mass is 10.1. The van der Waals surface area contributed by atoms with Gasteiger partial charge in [-0.2, -0.15) is 0 Å². The summed E-state index contributed by atoms with van der Waals surface area (Å²) in [6, 6.07) is 22.9. The van der Waals surface area contributed by atoms with Gasteiger partial charge in [-0.3, -0.25) is 0 Å². The number of hydrogen-bond donors (Lipinski definition) is 1. The molecule has 174 valence electrons. The molecule has 3 aromatic carbocycles. The molecule has 0 radical (unpaired) electrons. The molecule has 0 bridgehead atoms. The maximum atomic E-state index is 11.9. The molecule has 0 saturated heterocycles. The number of anilines is 1. The second-order valence-electron chi connectivity index (χ2n) is 7.56. The number of carbonyl (C=O) groups is 1. The number of aryl methyl sites for hydroxylation is 1. The van der Waals surface area contributed by atoms with Crippen molar-refractivity contribution in [1.29, 1.82) is 0 Å². The van der Waals surface area contributed by atoms with Gasteiger partial charge in [-0.25, -0.2) is 4.79 Å². The third-order valence-electron chi connectivity index (χ3n) is 5.02. The van der Waals surface area contributed by atoms with E-state index < -0.39 is 5.97 Å². The quantitative estimate of drug-likeness (QED) is 0.217. The zero-order valence-electron chi connectivity index (χ0n) is 19.0. The highest BCUT2D eigenvalue weighted by Gasteiger charge is 2.13. The zero-order valence-corrected chi connectivity index (χ0v) is 19.0. The van der Waals surface area contributed by atoms with E-state index >= 15 is 0 Å². The monoisotopic (exact) mass is 449 g/mol. The number of carbonyl (C=O) groups excluding carboxylic acids is 1. The third-order valence-corrected chi connectivity index (χ3v) is 5.02. The molecule has 0 spiro atoms. The Morgan fingerprint density at radius 3 is 2.06 bits per heavy atom. The normalized spacial score (nSPS) is 10.5. The molecular formula is C27H31NO5. The summed E-state index contributed by atoms with van der Waals surface area (Å²) in [4.78, 5) is 11.9. The van der Waals surface area contributed by atoms with E-state index in [2.05, 4.69) is 12.1 Å². The average molecular weight is 450 g/mol. The highest BCUT2D eigenvalue weighted by molar-refractivity contribution is 5.93. The van der Waals surface area contributed by atoms with E-state index in [1.54, 1.807) is 18.2 Å². The van der Waals surface area contributed by atoms with Crippen LogP contribution in [0, 0.1) is 0 Å². The first-order chi connectivity index (χ1) is 16.2. The summed E-state index contributed by atoms with van der Waals surface area (Å²) in [6.45, 7) is 1.83. The molecule has 0 atom stereocenters. The van der Waals surface area contributed by atoms with Crippen molar-refractivity contribution < 1.29 is 23.7 Å². The van der Waals surface area contributed by atoms with Crippen molar-refractivity contribution in [3.63, 3.8) is 0 Å². The summed E-state index contributed by atoms with van der Waals surface area (Å²) < 4.78 is 22.1. The van der Waals surface area contributed by atoms with Crippen LogP contribution in [0.25, 0.3) is 0 Å². The fraction of sp³-hybridized carbons (Fsp3) is 0.296. The van der Waals surface area contributed by atoms with Crippen molar-refractivity contribution >= 4 is 11.7 Å². The number of unbranched alkanes of at least 4 members (excludes halogenated alkanes) is 1. The van der Waals surface area contributed by atoms with E-state index in [0.29, 0.717) is 36.8 Å². The van der Waals surface area contributed by atoms with Gasteiger partial charge in [-0.15, -0.1) is 0 Å². The first kappa shape index (κ1) is 24.0. The molecule has 6 heteroatoms. The van der Waals surface area contributed by atoms with Crippen molar-refractivity contribution in [2.75, 3.05) is 32.7 Å². The molecular weight excluding hydrogens is 418 g/mol. The standard InChI is InChI=1S/C27H31NO5/c1-30-27(29)25-20-22(28)13-16-26(25)33-19-7-8-21-11-14-24(15-12-21)32-18-6-5-17-31-23-9-3-2-4-10-23/h2-4,9-16,20H,5-8,17-19,28H2,1H3. The topological polar surface area (TPSA) is 80.0 Å². The Morgan fingerprint density at radius 1 is 0.758 bits per heavy atom.